The average Bonchev–Trinajstić information content (AvgIpc) is 2.86. The van der Waals surface area contributed by atoms with Crippen LogP contribution in [0, 0.1) is 11.8 Å². The van der Waals surface area contributed by atoms with Crippen LogP contribution in [0.2, 0.25) is 0 Å². The van der Waals surface area contributed by atoms with Crippen LogP contribution in [0.1, 0.15) is 19.3 Å². The Morgan fingerprint density at radius 1 is 1.60 bits per heavy atom. The first-order chi connectivity index (χ1) is 7.31. The Kier molecular flexibility index (Phi) is 2.91. The summed E-state index contributed by atoms with van der Waals surface area (Å²) >= 11 is 0. The largest absolute Gasteiger partial charge is 0.330 e. The van der Waals surface area contributed by atoms with Crippen LogP contribution in [0.5, 0.6) is 0 Å². The maximum Gasteiger partial charge on any atom is 0.269 e. The Morgan fingerprint density at radius 3 is 3.13 bits per heavy atom. The fourth-order valence-electron chi connectivity index (χ4n) is 2.08. The van der Waals surface area contributed by atoms with Crippen LogP contribution in [0.3, 0.4) is 0 Å². The maximum atomic E-state index is 11.8. The minimum Gasteiger partial charge on any atom is -0.330 e. The van der Waals surface area contributed by atoms with Crippen molar-refractivity contribution < 1.29 is 4.79 Å². The highest BCUT2D eigenvalue weighted by Crippen LogP contribution is 2.31. The number of hydrogen-bond donors (Lipinski definition) is 3. The van der Waals surface area contributed by atoms with E-state index in [1.165, 1.54) is 0 Å². The molecule has 1 amide bonds. The highest BCUT2D eigenvalue weighted by molar-refractivity contribution is 5.91. The van der Waals surface area contributed by atoms with E-state index in [1.807, 2.05) is 0 Å². The molecular weight excluding hydrogens is 196 g/mol. The number of amides is 1. The van der Waals surface area contributed by atoms with Gasteiger partial charge in [0.05, 0.1) is 0 Å². The molecule has 0 bridgehead atoms. The first-order valence-corrected chi connectivity index (χ1v) is 5.05. The average molecular weight is 210 g/mol. The van der Waals surface area contributed by atoms with Gasteiger partial charge in [0.15, 0.2) is 0 Å². The van der Waals surface area contributed by atoms with Gasteiger partial charge in [0, 0.05) is 5.92 Å². The monoisotopic (exact) mass is 210 g/mol. The van der Waals surface area contributed by atoms with E-state index in [9.17, 15) is 4.79 Å². The van der Waals surface area contributed by atoms with E-state index in [-0.39, 0.29) is 23.7 Å². The first kappa shape index (κ1) is 10.0. The van der Waals surface area contributed by atoms with Gasteiger partial charge >= 0.3 is 0 Å². The lowest BCUT2D eigenvalue weighted by Crippen LogP contribution is -2.30. The molecule has 7 heteroatoms. The molecule has 1 fully saturated rings. The molecule has 0 saturated heterocycles. The SMILES string of the molecule is NC[C@H]1CCC[C@H]1C(=O)Nc1nn[nH]n1. The molecule has 0 aromatic carbocycles. The summed E-state index contributed by atoms with van der Waals surface area (Å²) in [6.07, 6.45) is 2.98. The molecule has 82 valence electrons. The highest BCUT2D eigenvalue weighted by Gasteiger charge is 2.32. The number of nitrogens with zero attached hydrogens (tertiary/aromatic N) is 3. The van der Waals surface area contributed by atoms with E-state index in [2.05, 4.69) is 25.9 Å². The van der Waals surface area contributed by atoms with Gasteiger partial charge in [-0.2, -0.15) is 5.21 Å². The molecule has 15 heavy (non-hydrogen) atoms. The summed E-state index contributed by atoms with van der Waals surface area (Å²) in [5, 5.41) is 15.6. The molecule has 7 nitrogen and oxygen atoms in total. The second-order valence-corrected chi connectivity index (χ2v) is 3.76. The van der Waals surface area contributed by atoms with Crippen molar-refractivity contribution in [3.8, 4) is 0 Å². The number of nitrogens with one attached hydrogen (secondary N) is 2. The van der Waals surface area contributed by atoms with E-state index in [4.69, 9.17) is 5.73 Å². The third-order valence-electron chi connectivity index (χ3n) is 2.88. The van der Waals surface area contributed by atoms with Gasteiger partial charge in [-0.1, -0.05) is 11.5 Å². The second kappa shape index (κ2) is 4.35. The summed E-state index contributed by atoms with van der Waals surface area (Å²) in [4.78, 5) is 11.8. The third kappa shape index (κ3) is 2.12. The van der Waals surface area contributed by atoms with Crippen LogP contribution in [-0.2, 0) is 4.79 Å². The van der Waals surface area contributed by atoms with Gasteiger partial charge in [-0.05, 0) is 30.5 Å². The predicted molar refractivity (Wildman–Crippen MR) is 52.7 cm³/mol. The molecule has 0 unspecified atom stereocenters. The highest BCUT2D eigenvalue weighted by atomic mass is 16.2. The van der Waals surface area contributed by atoms with Gasteiger partial charge in [-0.3, -0.25) is 10.1 Å². The molecule has 1 saturated carbocycles. The van der Waals surface area contributed by atoms with Gasteiger partial charge in [-0.15, -0.1) is 5.10 Å². The number of anilines is 1. The van der Waals surface area contributed by atoms with Crippen LogP contribution >= 0.6 is 0 Å². The molecule has 2 atom stereocenters. The van der Waals surface area contributed by atoms with Gasteiger partial charge in [-0.25, -0.2) is 0 Å². The van der Waals surface area contributed by atoms with Gasteiger partial charge in [0.2, 0.25) is 5.91 Å². The standard InChI is InChI=1S/C8H14N6O/c9-4-5-2-1-3-6(5)7(15)10-8-11-13-14-12-8/h5-6H,1-4,9H2,(H2,10,11,12,13,14,15)/t5-,6-/m1/s1. The molecule has 1 aromatic rings. The summed E-state index contributed by atoms with van der Waals surface area (Å²) in [5.41, 5.74) is 5.61. The zero-order valence-electron chi connectivity index (χ0n) is 8.31. The lowest BCUT2D eigenvalue weighted by Gasteiger charge is -2.15. The lowest BCUT2D eigenvalue weighted by atomic mass is 9.95. The number of aromatic nitrogens is 4. The molecule has 2 rings (SSSR count). The van der Waals surface area contributed by atoms with Crippen molar-refractivity contribution >= 4 is 11.9 Å². The van der Waals surface area contributed by atoms with Crippen LogP contribution < -0.4 is 11.1 Å². The van der Waals surface area contributed by atoms with Gasteiger partial charge < -0.3 is 5.73 Å². The van der Waals surface area contributed by atoms with E-state index >= 15 is 0 Å². The number of tetrazole rings is 1. The Hall–Kier alpha value is -1.50. The molecule has 0 aliphatic heterocycles. The van der Waals surface area contributed by atoms with E-state index in [0.29, 0.717) is 6.54 Å². The van der Waals surface area contributed by atoms with Crippen molar-refractivity contribution in [2.45, 2.75) is 19.3 Å². The fourth-order valence-corrected chi connectivity index (χ4v) is 2.08. The number of aromatic amines is 1. The van der Waals surface area contributed by atoms with Crippen molar-refractivity contribution in [2.24, 2.45) is 17.6 Å². The van der Waals surface area contributed by atoms with Crippen molar-refractivity contribution in [1.29, 1.82) is 0 Å². The fraction of sp³-hybridized carbons (Fsp3) is 0.750. The molecule has 1 aliphatic rings. The van der Waals surface area contributed by atoms with Crippen molar-refractivity contribution in [3.05, 3.63) is 0 Å². The third-order valence-corrected chi connectivity index (χ3v) is 2.88. The molecule has 0 radical (unpaired) electrons. The molecule has 1 aromatic heterocycles. The lowest BCUT2D eigenvalue weighted by molar-refractivity contribution is -0.120. The Morgan fingerprint density at radius 2 is 2.47 bits per heavy atom. The number of nitrogens with two attached hydrogens (primary N) is 1. The van der Waals surface area contributed by atoms with E-state index in [1.54, 1.807) is 0 Å². The number of hydrogen-bond acceptors (Lipinski definition) is 5. The normalized spacial score (nSPS) is 25.4. The second-order valence-electron chi connectivity index (χ2n) is 3.76. The van der Waals surface area contributed by atoms with Crippen LogP contribution in [0.15, 0.2) is 0 Å². The summed E-state index contributed by atoms with van der Waals surface area (Å²) in [5.74, 6) is 0.456. The first-order valence-electron chi connectivity index (χ1n) is 5.05. The topological polar surface area (TPSA) is 110 Å². The van der Waals surface area contributed by atoms with E-state index in [0.717, 1.165) is 19.3 Å². The van der Waals surface area contributed by atoms with Crippen molar-refractivity contribution in [2.75, 3.05) is 11.9 Å². The van der Waals surface area contributed by atoms with Gasteiger partial charge in [0.1, 0.15) is 0 Å². The van der Waals surface area contributed by atoms with Crippen LogP contribution in [-0.4, -0.2) is 33.1 Å². The smallest absolute Gasteiger partial charge is 0.269 e. The minimum absolute atomic E-state index is 0.00602. The zero-order chi connectivity index (χ0) is 10.7. The summed E-state index contributed by atoms with van der Waals surface area (Å²) in [6.45, 7) is 0.560. The number of rotatable bonds is 3. The summed E-state index contributed by atoms with van der Waals surface area (Å²) in [6, 6.07) is 0. The number of carbonyl (C=O) groups excluding carboxylic acids is 1. The Balaban J connectivity index is 1.96. The minimum atomic E-state index is -0.0515. The Bertz CT molecular complexity index is 324. The summed E-state index contributed by atoms with van der Waals surface area (Å²) in [7, 11) is 0. The van der Waals surface area contributed by atoms with Crippen molar-refractivity contribution in [3.63, 3.8) is 0 Å². The molecular formula is C8H14N6O. The number of H-pyrrole nitrogens is 1. The van der Waals surface area contributed by atoms with Gasteiger partial charge in [0.25, 0.3) is 5.95 Å². The number of carbonyl (C=O) groups is 1. The van der Waals surface area contributed by atoms with Crippen LogP contribution in [0.4, 0.5) is 5.95 Å². The quantitative estimate of drug-likeness (QED) is 0.623. The molecule has 1 aliphatic carbocycles. The van der Waals surface area contributed by atoms with E-state index < -0.39 is 0 Å². The molecule has 1 heterocycles. The summed E-state index contributed by atoms with van der Waals surface area (Å²) < 4.78 is 0. The predicted octanol–water partition coefficient (Wildman–Crippen LogP) is -0.487. The van der Waals surface area contributed by atoms with Crippen molar-refractivity contribution in [1.82, 2.24) is 20.6 Å². The maximum absolute atomic E-state index is 11.8. The molecule has 0 spiro atoms. The van der Waals surface area contributed by atoms with Crippen LogP contribution in [0.25, 0.3) is 0 Å². The Labute approximate surface area is 86.8 Å². The zero-order valence-corrected chi connectivity index (χ0v) is 8.31. The molecule has 4 N–H and O–H groups in total.